The van der Waals surface area contributed by atoms with E-state index >= 15 is 0 Å². The number of hydrogen-bond donors (Lipinski definition) is 2. The number of hydrogen-bond acceptors (Lipinski definition) is 3. The minimum absolute atomic E-state index is 0.363. The average Bonchev–Trinajstić information content (AvgIpc) is 2.44. The molecule has 0 saturated carbocycles. The van der Waals surface area contributed by atoms with Crippen LogP contribution in [0.4, 0.5) is 4.39 Å². The van der Waals surface area contributed by atoms with Crippen molar-refractivity contribution in [3.63, 3.8) is 0 Å². The van der Waals surface area contributed by atoms with Gasteiger partial charge in [-0.15, -0.1) is 0 Å². The van der Waals surface area contributed by atoms with Gasteiger partial charge in [0.15, 0.2) is 0 Å². The second-order valence-electron chi connectivity index (χ2n) is 4.15. The van der Waals surface area contributed by atoms with Crippen LogP contribution in [0, 0.1) is 9.39 Å². The molecule has 0 fully saturated rings. The molecule has 3 nitrogen and oxygen atoms in total. The lowest BCUT2D eigenvalue weighted by Crippen LogP contribution is -2.29. The van der Waals surface area contributed by atoms with Crippen molar-refractivity contribution in [2.45, 2.75) is 6.04 Å². The van der Waals surface area contributed by atoms with Crippen LogP contribution < -0.4 is 16.0 Å². The van der Waals surface area contributed by atoms with E-state index in [2.05, 4.69) is 43.9 Å². The summed E-state index contributed by atoms with van der Waals surface area (Å²) in [5, 5.41) is 0. The van der Waals surface area contributed by atoms with Gasteiger partial charge in [-0.2, -0.15) is 0 Å². The lowest BCUT2D eigenvalue weighted by molar-refractivity contribution is 0.410. The Hall–Kier alpha value is -0.700. The van der Waals surface area contributed by atoms with Crippen molar-refractivity contribution in [2.75, 3.05) is 7.11 Å². The monoisotopic (exact) mass is 450 g/mol. The highest BCUT2D eigenvalue weighted by molar-refractivity contribution is 14.1. The molecule has 2 aromatic rings. The fraction of sp³-hybridized carbons (Fsp3) is 0.143. The second-order valence-corrected chi connectivity index (χ2v) is 6.25. The Morgan fingerprint density at radius 3 is 2.60 bits per heavy atom. The number of ether oxygens (including phenoxy) is 1. The summed E-state index contributed by atoms with van der Waals surface area (Å²) in [6.45, 7) is 0. The maximum Gasteiger partial charge on any atom is 0.132 e. The summed E-state index contributed by atoms with van der Waals surface area (Å²) >= 11 is 5.68. The van der Waals surface area contributed by atoms with E-state index in [9.17, 15) is 4.39 Å². The lowest BCUT2D eigenvalue weighted by atomic mass is 9.99. The third kappa shape index (κ3) is 3.30. The Morgan fingerprint density at radius 2 is 2.00 bits per heavy atom. The van der Waals surface area contributed by atoms with Crippen molar-refractivity contribution in [1.29, 1.82) is 0 Å². The van der Waals surface area contributed by atoms with Crippen LogP contribution in [-0.4, -0.2) is 7.11 Å². The van der Waals surface area contributed by atoms with Crippen LogP contribution in [-0.2, 0) is 0 Å². The van der Waals surface area contributed by atoms with Crippen molar-refractivity contribution < 1.29 is 9.13 Å². The Kier molecular flexibility index (Phi) is 5.36. The highest BCUT2D eigenvalue weighted by Crippen LogP contribution is 2.32. The number of nitrogens with two attached hydrogens (primary N) is 1. The Balaban J connectivity index is 2.49. The maximum atomic E-state index is 14.2. The first-order chi connectivity index (χ1) is 9.56. The first-order valence-corrected chi connectivity index (χ1v) is 7.68. The van der Waals surface area contributed by atoms with Crippen molar-refractivity contribution in [2.24, 2.45) is 5.84 Å². The van der Waals surface area contributed by atoms with Crippen LogP contribution in [0.2, 0.25) is 0 Å². The summed E-state index contributed by atoms with van der Waals surface area (Å²) in [6, 6.07) is 10.1. The molecule has 1 atom stereocenters. The zero-order valence-corrected chi connectivity index (χ0v) is 14.4. The quantitative estimate of drug-likeness (QED) is 0.423. The molecule has 0 aromatic heterocycles. The van der Waals surface area contributed by atoms with E-state index in [1.807, 2.05) is 18.2 Å². The van der Waals surface area contributed by atoms with Crippen LogP contribution in [0.1, 0.15) is 17.2 Å². The third-order valence-corrected chi connectivity index (χ3v) is 4.35. The van der Waals surface area contributed by atoms with E-state index in [1.54, 1.807) is 12.1 Å². The molecule has 0 aliphatic carbocycles. The van der Waals surface area contributed by atoms with E-state index in [0.29, 0.717) is 11.3 Å². The molecule has 0 aliphatic rings. The van der Waals surface area contributed by atoms with E-state index in [-0.39, 0.29) is 5.82 Å². The Morgan fingerprint density at radius 1 is 1.25 bits per heavy atom. The molecule has 0 spiro atoms. The Labute approximate surface area is 138 Å². The summed E-state index contributed by atoms with van der Waals surface area (Å²) < 4.78 is 21.1. The molecular weight excluding hydrogens is 438 g/mol. The minimum Gasteiger partial charge on any atom is -0.497 e. The molecule has 0 aliphatic heterocycles. The van der Waals surface area contributed by atoms with Crippen molar-refractivity contribution in [3.8, 4) is 5.75 Å². The van der Waals surface area contributed by atoms with Gasteiger partial charge in [0.25, 0.3) is 0 Å². The first kappa shape index (κ1) is 15.7. The number of nitrogens with one attached hydrogen (secondary N) is 1. The number of hydrazine groups is 1. The molecular formula is C14H13BrFIN2O. The van der Waals surface area contributed by atoms with E-state index in [4.69, 9.17) is 10.6 Å². The first-order valence-electron chi connectivity index (χ1n) is 5.81. The van der Waals surface area contributed by atoms with Gasteiger partial charge in [0.05, 0.1) is 13.2 Å². The molecule has 3 N–H and O–H groups in total. The lowest BCUT2D eigenvalue weighted by Gasteiger charge is -2.19. The number of methoxy groups -OCH3 is 1. The molecule has 0 bridgehead atoms. The highest BCUT2D eigenvalue weighted by Gasteiger charge is 2.19. The van der Waals surface area contributed by atoms with Gasteiger partial charge in [-0.1, -0.05) is 22.0 Å². The molecule has 2 aromatic carbocycles. The molecule has 0 radical (unpaired) electrons. The van der Waals surface area contributed by atoms with E-state index < -0.39 is 6.04 Å². The van der Waals surface area contributed by atoms with Crippen LogP contribution in [0.25, 0.3) is 0 Å². The van der Waals surface area contributed by atoms with E-state index in [0.717, 1.165) is 13.6 Å². The van der Waals surface area contributed by atoms with Gasteiger partial charge in [0, 0.05) is 19.7 Å². The van der Waals surface area contributed by atoms with Gasteiger partial charge < -0.3 is 4.74 Å². The summed E-state index contributed by atoms with van der Waals surface area (Å²) in [4.78, 5) is 0. The predicted octanol–water partition coefficient (Wildman–Crippen LogP) is 3.75. The third-order valence-electron chi connectivity index (χ3n) is 2.95. The zero-order valence-electron chi connectivity index (χ0n) is 10.7. The van der Waals surface area contributed by atoms with Crippen LogP contribution in [0.3, 0.4) is 0 Å². The molecule has 1 unspecified atom stereocenters. The molecule has 20 heavy (non-hydrogen) atoms. The van der Waals surface area contributed by atoms with Gasteiger partial charge in [-0.05, 0) is 52.4 Å². The fourth-order valence-electron chi connectivity index (χ4n) is 1.95. The molecule has 0 heterocycles. The largest absolute Gasteiger partial charge is 0.497 e. The summed E-state index contributed by atoms with van der Waals surface area (Å²) in [7, 11) is 1.50. The smallest absolute Gasteiger partial charge is 0.132 e. The molecule has 0 amide bonds. The Bertz CT molecular complexity index is 624. The van der Waals surface area contributed by atoms with Gasteiger partial charge in [0.2, 0.25) is 0 Å². The summed E-state index contributed by atoms with van der Waals surface area (Å²) in [6.07, 6.45) is 0. The number of benzene rings is 2. The molecule has 106 valence electrons. The number of rotatable bonds is 4. The van der Waals surface area contributed by atoms with Crippen LogP contribution in [0.5, 0.6) is 5.75 Å². The standard InChI is InChI=1S/C14H13BrFIN2O/c1-20-9-3-4-10(13(16)7-9)14(19-18)11-6-8(17)2-5-12(11)15/h2-7,14,19H,18H2,1H3. The van der Waals surface area contributed by atoms with Gasteiger partial charge in [0.1, 0.15) is 11.6 Å². The van der Waals surface area contributed by atoms with Crippen molar-refractivity contribution in [1.82, 2.24) is 5.43 Å². The summed E-state index contributed by atoms with van der Waals surface area (Å²) in [5.74, 6) is 5.74. The fourth-order valence-corrected chi connectivity index (χ4v) is 2.94. The van der Waals surface area contributed by atoms with Crippen molar-refractivity contribution >= 4 is 38.5 Å². The zero-order chi connectivity index (χ0) is 14.7. The van der Waals surface area contributed by atoms with E-state index in [1.165, 1.54) is 13.2 Å². The summed E-state index contributed by atoms with van der Waals surface area (Å²) in [5.41, 5.74) is 4.01. The minimum atomic E-state index is -0.440. The van der Waals surface area contributed by atoms with Crippen LogP contribution in [0.15, 0.2) is 40.9 Å². The molecule has 2 rings (SSSR count). The van der Waals surface area contributed by atoms with Gasteiger partial charge >= 0.3 is 0 Å². The molecule has 0 saturated heterocycles. The van der Waals surface area contributed by atoms with Gasteiger partial charge in [-0.25, -0.2) is 9.82 Å². The SMILES string of the molecule is COc1ccc(C(NN)c2cc(I)ccc2Br)c(F)c1. The van der Waals surface area contributed by atoms with Crippen molar-refractivity contribution in [3.05, 3.63) is 61.4 Å². The average molecular weight is 451 g/mol. The topological polar surface area (TPSA) is 47.3 Å². The highest BCUT2D eigenvalue weighted by atomic mass is 127. The second kappa shape index (κ2) is 6.84. The molecule has 6 heteroatoms. The maximum absolute atomic E-state index is 14.2. The number of halogens is 3. The normalized spacial score (nSPS) is 12.2. The predicted molar refractivity (Wildman–Crippen MR) is 89.0 cm³/mol. The van der Waals surface area contributed by atoms with Crippen LogP contribution >= 0.6 is 38.5 Å². The van der Waals surface area contributed by atoms with Gasteiger partial charge in [-0.3, -0.25) is 5.84 Å².